The summed E-state index contributed by atoms with van der Waals surface area (Å²) in [6, 6.07) is 0. The summed E-state index contributed by atoms with van der Waals surface area (Å²) in [5, 5.41) is 19.3. The van der Waals surface area contributed by atoms with E-state index in [0.717, 1.165) is 38.5 Å². The first-order chi connectivity index (χ1) is 18.0. The van der Waals surface area contributed by atoms with Crippen LogP contribution in [-0.2, 0) is 12.8 Å². The molecule has 1 rings (SSSR count). The summed E-state index contributed by atoms with van der Waals surface area (Å²) in [6.07, 6.45) is 28.2. The maximum Gasteiger partial charge on any atom is 0.372 e. The molecular weight excluding hydrogens is 464 g/mol. The highest BCUT2D eigenvalue weighted by molar-refractivity contribution is 5.92. The Bertz CT molecular complexity index is 663. The topological polar surface area (TPSA) is 87.7 Å². The Morgan fingerprint density at radius 2 is 0.703 bits per heavy atom. The second-order valence-corrected chi connectivity index (χ2v) is 10.9. The molecule has 0 aliphatic carbocycles. The van der Waals surface area contributed by atoms with Gasteiger partial charge in [-0.2, -0.15) is 0 Å². The lowest BCUT2D eigenvalue weighted by molar-refractivity contribution is 0.0630. The summed E-state index contributed by atoms with van der Waals surface area (Å²) in [5.41, 5.74) is 1.24. The molecule has 0 aliphatic heterocycles. The van der Waals surface area contributed by atoms with Gasteiger partial charge >= 0.3 is 11.9 Å². The molecule has 2 N–H and O–H groups in total. The van der Waals surface area contributed by atoms with E-state index < -0.39 is 11.9 Å². The molecule has 0 spiro atoms. The molecule has 0 aromatic carbocycles. The molecule has 0 saturated carbocycles. The van der Waals surface area contributed by atoms with E-state index >= 15 is 0 Å². The first-order valence-corrected chi connectivity index (χ1v) is 15.6. The zero-order chi connectivity index (χ0) is 27.1. The molecule has 1 aromatic rings. The third-order valence-corrected chi connectivity index (χ3v) is 7.57. The molecule has 0 fully saturated rings. The minimum absolute atomic E-state index is 0.164. The number of aromatic carboxylic acids is 2. The summed E-state index contributed by atoms with van der Waals surface area (Å²) in [4.78, 5) is 23.6. The lowest BCUT2D eigenvalue weighted by Gasteiger charge is -2.07. The van der Waals surface area contributed by atoms with Gasteiger partial charge in [-0.1, -0.05) is 142 Å². The van der Waals surface area contributed by atoms with E-state index in [1.54, 1.807) is 0 Å². The molecular formula is C32H56O5. The Balaban J connectivity index is 2.41. The van der Waals surface area contributed by atoms with Gasteiger partial charge in [0.05, 0.1) is 0 Å². The van der Waals surface area contributed by atoms with Gasteiger partial charge in [0.2, 0.25) is 11.5 Å². The van der Waals surface area contributed by atoms with E-state index in [0.29, 0.717) is 24.0 Å². The number of rotatable bonds is 26. The van der Waals surface area contributed by atoms with Crippen molar-refractivity contribution in [1.29, 1.82) is 0 Å². The molecule has 0 amide bonds. The van der Waals surface area contributed by atoms with Crippen molar-refractivity contribution < 1.29 is 24.2 Å². The highest BCUT2D eigenvalue weighted by Crippen LogP contribution is 2.28. The lowest BCUT2D eigenvalue weighted by atomic mass is 9.96. The van der Waals surface area contributed by atoms with Crippen LogP contribution >= 0.6 is 0 Å². The summed E-state index contributed by atoms with van der Waals surface area (Å²) < 4.78 is 5.37. The number of carboxylic acids is 2. The Kier molecular flexibility index (Phi) is 20.0. The van der Waals surface area contributed by atoms with Gasteiger partial charge in [-0.15, -0.1) is 0 Å². The zero-order valence-corrected chi connectivity index (χ0v) is 24.1. The van der Waals surface area contributed by atoms with Gasteiger partial charge in [-0.3, -0.25) is 0 Å². The fraction of sp³-hybridized carbons (Fsp3) is 0.812. The molecule has 1 heterocycles. The molecule has 5 nitrogen and oxygen atoms in total. The van der Waals surface area contributed by atoms with Crippen molar-refractivity contribution in [2.45, 2.75) is 168 Å². The minimum Gasteiger partial charge on any atom is -0.475 e. The van der Waals surface area contributed by atoms with Crippen molar-refractivity contribution >= 4 is 11.9 Å². The normalized spacial score (nSPS) is 11.3. The smallest absolute Gasteiger partial charge is 0.372 e. The van der Waals surface area contributed by atoms with Crippen molar-refractivity contribution in [1.82, 2.24) is 0 Å². The lowest BCUT2D eigenvalue weighted by Crippen LogP contribution is -2.03. The molecule has 0 unspecified atom stereocenters. The highest BCUT2D eigenvalue weighted by atomic mass is 16.4. The van der Waals surface area contributed by atoms with Crippen molar-refractivity contribution in [3.05, 3.63) is 22.6 Å². The van der Waals surface area contributed by atoms with E-state index in [2.05, 4.69) is 13.8 Å². The van der Waals surface area contributed by atoms with Crippen molar-refractivity contribution in [2.75, 3.05) is 0 Å². The van der Waals surface area contributed by atoms with Crippen LogP contribution in [-0.4, -0.2) is 22.2 Å². The Labute approximate surface area is 226 Å². The first-order valence-electron chi connectivity index (χ1n) is 15.6. The fourth-order valence-corrected chi connectivity index (χ4v) is 5.31. The van der Waals surface area contributed by atoms with E-state index in [9.17, 15) is 19.8 Å². The summed E-state index contributed by atoms with van der Waals surface area (Å²) in [6.45, 7) is 4.49. The predicted octanol–water partition coefficient (Wildman–Crippen LogP) is 10.4. The van der Waals surface area contributed by atoms with Crippen LogP contribution in [0.2, 0.25) is 0 Å². The van der Waals surface area contributed by atoms with Gasteiger partial charge in [0.15, 0.2) is 0 Å². The van der Waals surface area contributed by atoms with Crippen LogP contribution in [0.3, 0.4) is 0 Å². The van der Waals surface area contributed by atoms with Gasteiger partial charge in [-0.05, 0) is 25.7 Å². The van der Waals surface area contributed by atoms with E-state index in [4.69, 9.17) is 4.42 Å². The molecule has 0 atom stereocenters. The maximum atomic E-state index is 11.8. The second kappa shape index (κ2) is 22.2. The van der Waals surface area contributed by atoms with Gasteiger partial charge in [0, 0.05) is 11.1 Å². The number of hydrogen-bond donors (Lipinski definition) is 2. The average Bonchev–Trinajstić information content (AvgIpc) is 3.24. The molecule has 5 heteroatoms. The van der Waals surface area contributed by atoms with Crippen molar-refractivity contribution in [2.24, 2.45) is 0 Å². The second-order valence-electron chi connectivity index (χ2n) is 10.9. The number of furan rings is 1. The fourth-order valence-electron chi connectivity index (χ4n) is 5.31. The third kappa shape index (κ3) is 15.3. The van der Waals surface area contributed by atoms with Crippen LogP contribution in [0.15, 0.2) is 4.42 Å². The van der Waals surface area contributed by atoms with E-state index in [1.165, 1.54) is 103 Å². The summed E-state index contributed by atoms with van der Waals surface area (Å²) >= 11 is 0. The molecule has 0 bridgehead atoms. The molecule has 0 saturated heterocycles. The van der Waals surface area contributed by atoms with Gasteiger partial charge < -0.3 is 14.6 Å². The zero-order valence-electron chi connectivity index (χ0n) is 24.1. The SMILES string of the molecule is CCCCCCCCCCCCCc1c(C(=O)O)oc(C(=O)O)c1CCCCCCCCCCCCC. The Morgan fingerprint density at radius 1 is 0.459 bits per heavy atom. The van der Waals surface area contributed by atoms with Gasteiger partial charge in [-0.25, -0.2) is 9.59 Å². The Morgan fingerprint density at radius 3 is 0.946 bits per heavy atom. The molecule has 0 aliphatic rings. The van der Waals surface area contributed by atoms with Crippen LogP contribution in [0.25, 0.3) is 0 Å². The van der Waals surface area contributed by atoms with Crippen LogP contribution in [0, 0.1) is 0 Å². The minimum atomic E-state index is -1.16. The summed E-state index contributed by atoms with van der Waals surface area (Å²) in [5.74, 6) is -2.65. The maximum absolute atomic E-state index is 11.8. The standard InChI is InChI=1S/C32H56O5/c1-3-5-7-9-11-13-15-17-19-21-23-25-27-28(30(32(35)36)37-29(27)31(33)34)26-24-22-20-18-16-14-12-10-8-6-4-2/h3-26H2,1-2H3,(H,33,34)(H,35,36). The Hall–Kier alpha value is -1.78. The largest absolute Gasteiger partial charge is 0.475 e. The quantitative estimate of drug-likeness (QED) is 0.119. The van der Waals surface area contributed by atoms with Crippen LogP contribution in [0.4, 0.5) is 0 Å². The van der Waals surface area contributed by atoms with Crippen molar-refractivity contribution in [3.8, 4) is 0 Å². The van der Waals surface area contributed by atoms with Crippen LogP contribution in [0.5, 0.6) is 0 Å². The number of carbonyl (C=O) groups is 2. The number of hydrogen-bond acceptors (Lipinski definition) is 3. The first kappa shape index (κ1) is 33.2. The average molecular weight is 521 g/mol. The number of carboxylic acid groups (broad SMARTS) is 2. The molecule has 214 valence electrons. The summed E-state index contributed by atoms with van der Waals surface area (Å²) in [7, 11) is 0. The van der Waals surface area contributed by atoms with Gasteiger partial charge in [0.25, 0.3) is 0 Å². The molecule has 37 heavy (non-hydrogen) atoms. The third-order valence-electron chi connectivity index (χ3n) is 7.57. The number of unbranched alkanes of at least 4 members (excludes halogenated alkanes) is 20. The monoisotopic (exact) mass is 520 g/mol. The van der Waals surface area contributed by atoms with E-state index in [1.807, 2.05) is 0 Å². The molecule has 1 aromatic heterocycles. The van der Waals surface area contributed by atoms with E-state index in [-0.39, 0.29) is 11.5 Å². The van der Waals surface area contributed by atoms with Crippen molar-refractivity contribution in [3.63, 3.8) is 0 Å². The predicted molar refractivity (Wildman–Crippen MR) is 153 cm³/mol. The van der Waals surface area contributed by atoms with Crippen LogP contribution < -0.4 is 0 Å². The van der Waals surface area contributed by atoms with Crippen LogP contribution in [0.1, 0.15) is 187 Å². The molecule has 0 radical (unpaired) electrons. The van der Waals surface area contributed by atoms with Gasteiger partial charge in [0.1, 0.15) is 0 Å². The highest BCUT2D eigenvalue weighted by Gasteiger charge is 2.27.